The number of nitrogen functional groups attached to an aromatic ring is 1. The van der Waals surface area contributed by atoms with E-state index in [1.54, 1.807) is 30.3 Å². The molecule has 0 saturated carbocycles. The molecule has 0 fully saturated rings. The average molecular weight is 337 g/mol. The molecule has 6 nitrogen and oxygen atoms in total. The van der Waals surface area contributed by atoms with Crippen LogP contribution < -0.4 is 16.6 Å². The standard InChI is InChI=1S/C14H13ClN4O2S/c1-2-7-22-14-18-11(16)10(13(21)19-14)17-12(20)8-3-5-9(15)6-4-8/h2-6H,1,7H2,(H,17,20)(H3,16,18,19,21). The number of carbonyl (C=O) groups excluding carboxylic acids is 1. The fraction of sp³-hybridized carbons (Fsp3) is 0.0714. The molecule has 0 unspecified atom stereocenters. The van der Waals surface area contributed by atoms with Crippen LogP contribution in [0.15, 0.2) is 46.9 Å². The molecule has 0 aliphatic rings. The van der Waals surface area contributed by atoms with Gasteiger partial charge in [0.05, 0.1) is 0 Å². The minimum absolute atomic E-state index is 0.0439. The van der Waals surface area contributed by atoms with Crippen LogP contribution >= 0.6 is 23.4 Å². The largest absolute Gasteiger partial charge is 0.382 e. The van der Waals surface area contributed by atoms with Gasteiger partial charge in [0.2, 0.25) is 0 Å². The van der Waals surface area contributed by atoms with Crippen LogP contribution in [0.2, 0.25) is 5.02 Å². The minimum atomic E-state index is -0.513. The second-order valence-corrected chi connectivity index (χ2v) is 5.64. The van der Waals surface area contributed by atoms with Gasteiger partial charge in [-0.3, -0.25) is 14.6 Å². The van der Waals surface area contributed by atoms with Crippen LogP contribution in [0, 0.1) is 0 Å². The summed E-state index contributed by atoms with van der Waals surface area (Å²) >= 11 is 7.04. The highest BCUT2D eigenvalue weighted by Gasteiger charge is 2.13. The van der Waals surface area contributed by atoms with Crippen LogP contribution in [-0.4, -0.2) is 21.6 Å². The van der Waals surface area contributed by atoms with E-state index in [9.17, 15) is 9.59 Å². The fourth-order valence-electron chi connectivity index (χ4n) is 1.58. The lowest BCUT2D eigenvalue weighted by Crippen LogP contribution is -2.23. The molecule has 1 amide bonds. The summed E-state index contributed by atoms with van der Waals surface area (Å²) in [6, 6.07) is 6.25. The number of rotatable bonds is 5. The number of thioether (sulfide) groups is 1. The lowest BCUT2D eigenvalue weighted by atomic mass is 10.2. The number of aromatic nitrogens is 2. The second-order valence-electron chi connectivity index (χ2n) is 4.19. The summed E-state index contributed by atoms with van der Waals surface area (Å²) in [5.74, 6) is 0.0681. The molecular formula is C14H13ClN4O2S. The first-order chi connectivity index (χ1) is 10.5. The van der Waals surface area contributed by atoms with Crippen molar-refractivity contribution in [2.24, 2.45) is 0 Å². The van der Waals surface area contributed by atoms with Gasteiger partial charge in [-0.2, -0.15) is 0 Å². The Hall–Kier alpha value is -2.25. The van der Waals surface area contributed by atoms with Crippen molar-refractivity contribution in [1.29, 1.82) is 0 Å². The molecule has 2 rings (SSSR count). The van der Waals surface area contributed by atoms with Gasteiger partial charge in [-0.15, -0.1) is 6.58 Å². The fourth-order valence-corrected chi connectivity index (χ4v) is 2.31. The predicted molar refractivity (Wildman–Crippen MR) is 89.6 cm³/mol. The second kappa shape index (κ2) is 7.15. The molecule has 0 aliphatic heterocycles. The molecule has 0 saturated heterocycles. The summed E-state index contributed by atoms with van der Waals surface area (Å²) in [6.45, 7) is 3.58. The maximum Gasteiger partial charge on any atom is 0.277 e. The SMILES string of the molecule is C=CCSc1nc(N)c(NC(=O)c2ccc(Cl)cc2)c(=O)[nH]1. The topological polar surface area (TPSA) is 101 Å². The van der Waals surface area contributed by atoms with Crippen molar-refractivity contribution in [2.75, 3.05) is 16.8 Å². The number of benzene rings is 1. The number of nitrogens with zero attached hydrogens (tertiary/aromatic N) is 1. The Kier molecular flexibility index (Phi) is 5.24. The highest BCUT2D eigenvalue weighted by atomic mass is 35.5. The molecule has 2 aromatic rings. The maximum atomic E-state index is 12.1. The summed E-state index contributed by atoms with van der Waals surface area (Å²) in [7, 11) is 0. The number of hydrogen-bond donors (Lipinski definition) is 3. The molecule has 22 heavy (non-hydrogen) atoms. The molecule has 0 bridgehead atoms. The van der Waals surface area contributed by atoms with Crippen LogP contribution in [-0.2, 0) is 0 Å². The lowest BCUT2D eigenvalue weighted by molar-refractivity contribution is 0.102. The van der Waals surface area contributed by atoms with Crippen molar-refractivity contribution in [3.05, 3.63) is 57.9 Å². The number of amides is 1. The van der Waals surface area contributed by atoms with Crippen molar-refractivity contribution < 1.29 is 4.79 Å². The van der Waals surface area contributed by atoms with Gasteiger partial charge in [0.1, 0.15) is 5.69 Å². The van der Waals surface area contributed by atoms with Crippen LogP contribution in [0.25, 0.3) is 0 Å². The number of halogens is 1. The maximum absolute atomic E-state index is 12.1. The number of nitrogens with one attached hydrogen (secondary N) is 2. The lowest BCUT2D eigenvalue weighted by Gasteiger charge is -2.08. The number of anilines is 2. The molecule has 1 heterocycles. The van der Waals surface area contributed by atoms with Crippen molar-refractivity contribution >= 4 is 40.8 Å². The monoisotopic (exact) mass is 336 g/mol. The van der Waals surface area contributed by atoms with Crippen molar-refractivity contribution in [2.45, 2.75) is 5.16 Å². The van der Waals surface area contributed by atoms with Gasteiger partial charge in [0.15, 0.2) is 11.0 Å². The van der Waals surface area contributed by atoms with Gasteiger partial charge < -0.3 is 11.1 Å². The number of H-pyrrole nitrogens is 1. The average Bonchev–Trinajstić information content (AvgIpc) is 2.49. The molecule has 4 N–H and O–H groups in total. The Labute approximate surface area is 135 Å². The first-order valence-corrected chi connectivity index (χ1v) is 7.58. The van der Waals surface area contributed by atoms with E-state index in [0.717, 1.165) is 0 Å². The highest BCUT2D eigenvalue weighted by Crippen LogP contribution is 2.17. The highest BCUT2D eigenvalue weighted by molar-refractivity contribution is 7.99. The smallest absolute Gasteiger partial charge is 0.277 e. The van der Waals surface area contributed by atoms with E-state index in [1.807, 2.05) is 0 Å². The molecule has 114 valence electrons. The molecule has 1 aromatic carbocycles. The summed E-state index contributed by atoms with van der Waals surface area (Å²) in [5, 5.41) is 3.34. The number of hydrogen-bond acceptors (Lipinski definition) is 5. The zero-order valence-electron chi connectivity index (χ0n) is 11.4. The van der Waals surface area contributed by atoms with E-state index in [0.29, 0.717) is 21.5 Å². The van der Waals surface area contributed by atoms with Crippen LogP contribution in [0.5, 0.6) is 0 Å². The molecule has 0 aliphatic carbocycles. The third-order valence-corrected chi connectivity index (χ3v) is 3.73. The first kappa shape index (κ1) is 16.1. The van der Waals surface area contributed by atoms with E-state index in [4.69, 9.17) is 17.3 Å². The van der Waals surface area contributed by atoms with E-state index >= 15 is 0 Å². The number of carbonyl (C=O) groups is 1. The molecule has 0 radical (unpaired) electrons. The minimum Gasteiger partial charge on any atom is -0.382 e. The number of aromatic amines is 1. The van der Waals surface area contributed by atoms with Crippen molar-refractivity contribution in [1.82, 2.24) is 9.97 Å². The van der Waals surface area contributed by atoms with E-state index in [-0.39, 0.29) is 11.5 Å². The van der Waals surface area contributed by atoms with Gasteiger partial charge in [0, 0.05) is 16.3 Å². The summed E-state index contributed by atoms with van der Waals surface area (Å²) in [4.78, 5) is 30.7. The van der Waals surface area contributed by atoms with E-state index in [2.05, 4.69) is 21.9 Å². The van der Waals surface area contributed by atoms with Gasteiger partial charge >= 0.3 is 0 Å². The summed E-state index contributed by atoms with van der Waals surface area (Å²) in [6.07, 6.45) is 1.68. The van der Waals surface area contributed by atoms with Crippen LogP contribution in [0.1, 0.15) is 10.4 Å². The third-order valence-electron chi connectivity index (χ3n) is 2.61. The van der Waals surface area contributed by atoms with E-state index in [1.165, 1.54) is 11.8 Å². The van der Waals surface area contributed by atoms with Crippen molar-refractivity contribution in [3.63, 3.8) is 0 Å². The third kappa shape index (κ3) is 3.90. The molecule has 0 spiro atoms. The summed E-state index contributed by atoms with van der Waals surface area (Å²) in [5.41, 5.74) is 5.50. The Morgan fingerprint density at radius 3 is 2.73 bits per heavy atom. The molecule has 1 aromatic heterocycles. The van der Waals surface area contributed by atoms with Gasteiger partial charge in [0.25, 0.3) is 11.5 Å². The Bertz CT molecular complexity index is 758. The quantitative estimate of drug-likeness (QED) is 0.442. The predicted octanol–water partition coefficient (Wildman–Crippen LogP) is 2.54. The van der Waals surface area contributed by atoms with Gasteiger partial charge in [-0.1, -0.05) is 29.4 Å². The Balaban J connectivity index is 2.22. The van der Waals surface area contributed by atoms with Crippen molar-refractivity contribution in [3.8, 4) is 0 Å². The Morgan fingerprint density at radius 2 is 2.14 bits per heavy atom. The first-order valence-electron chi connectivity index (χ1n) is 6.21. The normalized spacial score (nSPS) is 10.2. The summed E-state index contributed by atoms with van der Waals surface area (Å²) < 4.78 is 0. The molecule has 8 heteroatoms. The molecule has 0 atom stereocenters. The zero-order valence-corrected chi connectivity index (χ0v) is 13.0. The van der Waals surface area contributed by atoms with Crippen LogP contribution in [0.4, 0.5) is 11.5 Å². The zero-order chi connectivity index (χ0) is 16.1. The van der Waals surface area contributed by atoms with Gasteiger partial charge in [-0.25, -0.2) is 4.98 Å². The van der Waals surface area contributed by atoms with E-state index < -0.39 is 11.5 Å². The Morgan fingerprint density at radius 1 is 1.45 bits per heavy atom. The van der Waals surface area contributed by atoms with Crippen LogP contribution in [0.3, 0.4) is 0 Å². The molecular weight excluding hydrogens is 324 g/mol. The number of nitrogens with two attached hydrogens (primary N) is 1. The van der Waals surface area contributed by atoms with Gasteiger partial charge in [-0.05, 0) is 24.3 Å².